The molecule has 0 bridgehead atoms. The van der Waals surface area contributed by atoms with Gasteiger partial charge >= 0.3 is 0 Å². The quantitative estimate of drug-likeness (QED) is 0.545. The number of amides is 1. The SMILES string of the molecule is Cc1cccc(CNC(=O)Cn2cc(-c3noc(-c4ccncc4)n3)nc2C)c1. The van der Waals surface area contributed by atoms with Gasteiger partial charge in [-0.1, -0.05) is 35.0 Å². The van der Waals surface area contributed by atoms with E-state index in [0.717, 1.165) is 16.7 Å². The summed E-state index contributed by atoms with van der Waals surface area (Å²) in [5.41, 5.74) is 3.57. The molecule has 0 radical (unpaired) electrons. The van der Waals surface area contributed by atoms with Gasteiger partial charge in [0.15, 0.2) is 0 Å². The molecule has 0 fully saturated rings. The number of nitrogens with one attached hydrogen (secondary N) is 1. The summed E-state index contributed by atoms with van der Waals surface area (Å²) in [6.07, 6.45) is 5.07. The molecule has 8 nitrogen and oxygen atoms in total. The van der Waals surface area contributed by atoms with Gasteiger partial charge in [-0.05, 0) is 31.5 Å². The maximum atomic E-state index is 12.3. The van der Waals surface area contributed by atoms with Gasteiger partial charge in [-0.3, -0.25) is 9.78 Å². The largest absolute Gasteiger partial charge is 0.350 e. The molecule has 3 heterocycles. The van der Waals surface area contributed by atoms with E-state index in [9.17, 15) is 4.79 Å². The molecular weight excluding hydrogens is 368 g/mol. The number of nitrogens with zero attached hydrogens (tertiary/aromatic N) is 5. The molecule has 1 amide bonds. The normalized spacial score (nSPS) is 10.8. The van der Waals surface area contributed by atoms with Crippen LogP contribution in [0.5, 0.6) is 0 Å². The van der Waals surface area contributed by atoms with Gasteiger partial charge in [0, 0.05) is 30.7 Å². The van der Waals surface area contributed by atoms with Crippen LogP contribution in [0.25, 0.3) is 23.0 Å². The number of aromatic nitrogens is 5. The van der Waals surface area contributed by atoms with E-state index in [-0.39, 0.29) is 12.5 Å². The van der Waals surface area contributed by atoms with Crippen molar-refractivity contribution in [2.24, 2.45) is 0 Å². The van der Waals surface area contributed by atoms with Crippen molar-refractivity contribution in [3.8, 4) is 23.0 Å². The van der Waals surface area contributed by atoms with Crippen LogP contribution in [-0.2, 0) is 17.9 Å². The van der Waals surface area contributed by atoms with E-state index < -0.39 is 0 Å². The average molecular weight is 388 g/mol. The molecule has 4 rings (SSSR count). The molecule has 1 aromatic carbocycles. The predicted octanol–water partition coefficient (Wildman–Crippen LogP) is 2.93. The van der Waals surface area contributed by atoms with Crippen LogP contribution in [0.3, 0.4) is 0 Å². The molecule has 0 aliphatic carbocycles. The molecule has 0 saturated heterocycles. The molecule has 0 unspecified atom stereocenters. The second-order valence-corrected chi connectivity index (χ2v) is 6.73. The highest BCUT2D eigenvalue weighted by Gasteiger charge is 2.15. The molecule has 0 spiro atoms. The third kappa shape index (κ3) is 4.37. The summed E-state index contributed by atoms with van der Waals surface area (Å²) in [6, 6.07) is 11.6. The average Bonchev–Trinajstić information content (AvgIpc) is 3.35. The zero-order valence-corrected chi connectivity index (χ0v) is 16.2. The van der Waals surface area contributed by atoms with Crippen LogP contribution in [0.1, 0.15) is 17.0 Å². The molecule has 146 valence electrons. The Morgan fingerprint density at radius 1 is 1.14 bits per heavy atom. The summed E-state index contributed by atoms with van der Waals surface area (Å²) < 4.78 is 7.08. The van der Waals surface area contributed by atoms with Gasteiger partial charge in [-0.15, -0.1) is 0 Å². The molecule has 3 aromatic heterocycles. The monoisotopic (exact) mass is 388 g/mol. The Morgan fingerprint density at radius 2 is 1.97 bits per heavy atom. The molecule has 0 aliphatic rings. The number of pyridine rings is 1. The Hall–Kier alpha value is -3.81. The van der Waals surface area contributed by atoms with Crippen molar-refractivity contribution in [2.75, 3.05) is 0 Å². The fourth-order valence-electron chi connectivity index (χ4n) is 2.95. The molecular formula is C21H20N6O2. The number of rotatable bonds is 6. The van der Waals surface area contributed by atoms with Crippen LogP contribution >= 0.6 is 0 Å². The first-order valence-corrected chi connectivity index (χ1v) is 9.19. The van der Waals surface area contributed by atoms with Crippen LogP contribution < -0.4 is 5.32 Å². The topological polar surface area (TPSA) is 98.7 Å². The fourth-order valence-corrected chi connectivity index (χ4v) is 2.95. The van der Waals surface area contributed by atoms with Crippen LogP contribution in [0.15, 0.2) is 59.5 Å². The highest BCUT2D eigenvalue weighted by molar-refractivity contribution is 5.76. The molecule has 1 N–H and O–H groups in total. The van der Waals surface area contributed by atoms with E-state index >= 15 is 0 Å². The van der Waals surface area contributed by atoms with Gasteiger partial charge in [0.1, 0.15) is 18.1 Å². The highest BCUT2D eigenvalue weighted by atomic mass is 16.5. The smallest absolute Gasteiger partial charge is 0.258 e. The summed E-state index contributed by atoms with van der Waals surface area (Å²) in [5, 5.41) is 6.93. The third-order valence-corrected chi connectivity index (χ3v) is 4.44. The zero-order valence-electron chi connectivity index (χ0n) is 16.2. The van der Waals surface area contributed by atoms with Crippen molar-refractivity contribution >= 4 is 5.91 Å². The summed E-state index contributed by atoms with van der Waals surface area (Å²) in [4.78, 5) is 25.2. The Labute approximate surface area is 167 Å². The Kier molecular flexibility index (Phi) is 5.15. The van der Waals surface area contributed by atoms with E-state index in [4.69, 9.17) is 4.52 Å². The van der Waals surface area contributed by atoms with Crippen molar-refractivity contribution in [1.82, 2.24) is 30.0 Å². The van der Waals surface area contributed by atoms with E-state index in [1.54, 1.807) is 35.3 Å². The maximum Gasteiger partial charge on any atom is 0.258 e. The molecule has 29 heavy (non-hydrogen) atoms. The highest BCUT2D eigenvalue weighted by Crippen LogP contribution is 2.21. The first kappa shape index (κ1) is 18.5. The van der Waals surface area contributed by atoms with Crippen molar-refractivity contribution < 1.29 is 9.32 Å². The van der Waals surface area contributed by atoms with Gasteiger partial charge in [0.2, 0.25) is 11.7 Å². The van der Waals surface area contributed by atoms with Crippen LogP contribution in [0.2, 0.25) is 0 Å². The first-order valence-electron chi connectivity index (χ1n) is 9.19. The Morgan fingerprint density at radius 3 is 2.76 bits per heavy atom. The second-order valence-electron chi connectivity index (χ2n) is 6.73. The van der Waals surface area contributed by atoms with E-state index in [1.807, 2.05) is 32.0 Å². The number of hydrogen-bond donors (Lipinski definition) is 1. The molecule has 0 atom stereocenters. The van der Waals surface area contributed by atoms with Crippen LogP contribution in [0.4, 0.5) is 0 Å². The minimum Gasteiger partial charge on any atom is -0.350 e. The van der Waals surface area contributed by atoms with Crippen molar-refractivity contribution in [3.05, 3.63) is 71.9 Å². The predicted molar refractivity (Wildman–Crippen MR) is 107 cm³/mol. The van der Waals surface area contributed by atoms with E-state index in [0.29, 0.717) is 29.8 Å². The molecule has 0 saturated carbocycles. The fraction of sp³-hybridized carbons (Fsp3) is 0.190. The van der Waals surface area contributed by atoms with Crippen molar-refractivity contribution in [2.45, 2.75) is 26.9 Å². The lowest BCUT2D eigenvalue weighted by Gasteiger charge is -2.07. The lowest BCUT2D eigenvalue weighted by molar-refractivity contribution is -0.121. The summed E-state index contributed by atoms with van der Waals surface area (Å²) in [6.45, 7) is 4.52. The minimum atomic E-state index is -0.0934. The minimum absolute atomic E-state index is 0.0934. The number of carbonyl (C=O) groups excluding carboxylic acids is 1. The lowest BCUT2D eigenvalue weighted by Crippen LogP contribution is -2.27. The number of carbonyl (C=O) groups is 1. The molecule has 4 aromatic rings. The van der Waals surface area contributed by atoms with Crippen molar-refractivity contribution in [1.29, 1.82) is 0 Å². The van der Waals surface area contributed by atoms with Crippen molar-refractivity contribution in [3.63, 3.8) is 0 Å². The number of aryl methyl sites for hydroxylation is 2. The first-order chi connectivity index (χ1) is 14.1. The standard InChI is InChI=1S/C21H20N6O2/c1-14-4-3-5-16(10-14)11-23-19(28)13-27-12-18(24-15(27)2)20-25-21(29-26-20)17-6-8-22-9-7-17/h3-10,12H,11,13H2,1-2H3,(H,23,28). The maximum absolute atomic E-state index is 12.3. The van der Waals surface area contributed by atoms with Gasteiger partial charge in [0.25, 0.3) is 5.89 Å². The Bertz CT molecular complexity index is 1130. The van der Waals surface area contributed by atoms with Crippen LogP contribution in [0, 0.1) is 13.8 Å². The van der Waals surface area contributed by atoms with Crippen LogP contribution in [-0.4, -0.2) is 30.6 Å². The summed E-state index contributed by atoms with van der Waals surface area (Å²) >= 11 is 0. The molecule has 0 aliphatic heterocycles. The number of hydrogen-bond acceptors (Lipinski definition) is 6. The molecule has 8 heteroatoms. The van der Waals surface area contributed by atoms with Gasteiger partial charge in [0.05, 0.1) is 0 Å². The number of imidazole rings is 1. The zero-order chi connectivity index (χ0) is 20.2. The summed E-state index contributed by atoms with van der Waals surface area (Å²) in [7, 11) is 0. The van der Waals surface area contributed by atoms with E-state index in [2.05, 4.69) is 31.5 Å². The van der Waals surface area contributed by atoms with Gasteiger partial charge < -0.3 is 14.4 Å². The third-order valence-electron chi connectivity index (χ3n) is 4.44. The second kappa shape index (κ2) is 8.05. The number of benzene rings is 1. The summed E-state index contributed by atoms with van der Waals surface area (Å²) in [5.74, 6) is 1.37. The van der Waals surface area contributed by atoms with Gasteiger partial charge in [-0.2, -0.15) is 4.98 Å². The van der Waals surface area contributed by atoms with E-state index in [1.165, 1.54) is 0 Å². The Balaban J connectivity index is 1.43. The lowest BCUT2D eigenvalue weighted by atomic mass is 10.1. The van der Waals surface area contributed by atoms with Gasteiger partial charge in [-0.25, -0.2) is 4.98 Å².